The van der Waals surface area contributed by atoms with Gasteiger partial charge >= 0.3 is 0 Å². The lowest BCUT2D eigenvalue weighted by Crippen LogP contribution is -2.22. The van der Waals surface area contributed by atoms with Gasteiger partial charge in [-0.1, -0.05) is 18.1 Å². The number of hydrogen-bond donors (Lipinski definition) is 0. The first-order chi connectivity index (χ1) is 7.93. The van der Waals surface area contributed by atoms with Crippen molar-refractivity contribution in [3.05, 3.63) is 12.2 Å². The number of rotatable bonds is 5. The van der Waals surface area contributed by atoms with Gasteiger partial charge in [0, 0.05) is 19.4 Å². The topological polar surface area (TPSA) is 18.5 Å². The third-order valence-corrected chi connectivity index (χ3v) is 2.47. The largest absolute Gasteiger partial charge is 0.353 e. The van der Waals surface area contributed by atoms with Crippen molar-refractivity contribution in [3.63, 3.8) is 0 Å². The Morgan fingerprint density at radius 2 is 2.31 bits per heavy atom. The fourth-order valence-electron chi connectivity index (χ4n) is 1.56. The smallest absolute Gasteiger partial charge is 0.157 e. The molecule has 0 aromatic heterocycles. The molecule has 0 N–H and O–H groups in total. The SMILES string of the molecule is C/C=C/CC#CCCCOC1CCCCO1. The van der Waals surface area contributed by atoms with Crippen LogP contribution < -0.4 is 0 Å². The Kier molecular flexibility index (Phi) is 7.84. The molecule has 0 bridgehead atoms. The first-order valence-electron chi connectivity index (χ1n) is 6.23. The maximum absolute atomic E-state index is 5.61. The first-order valence-corrected chi connectivity index (χ1v) is 6.23. The summed E-state index contributed by atoms with van der Waals surface area (Å²) < 4.78 is 11.1. The van der Waals surface area contributed by atoms with Gasteiger partial charge in [0.25, 0.3) is 0 Å². The number of ether oxygens (including phenoxy) is 2. The predicted octanol–water partition coefficient (Wildman–Crippen LogP) is 3.28. The Balaban J connectivity index is 1.92. The number of hydrogen-bond acceptors (Lipinski definition) is 2. The van der Waals surface area contributed by atoms with E-state index < -0.39 is 0 Å². The summed E-state index contributed by atoms with van der Waals surface area (Å²) in [5.41, 5.74) is 0. The third-order valence-electron chi connectivity index (χ3n) is 2.47. The summed E-state index contributed by atoms with van der Waals surface area (Å²) in [6.45, 7) is 3.64. The summed E-state index contributed by atoms with van der Waals surface area (Å²) in [5.74, 6) is 6.24. The molecule has 1 unspecified atom stereocenters. The van der Waals surface area contributed by atoms with Gasteiger partial charge in [0.15, 0.2) is 6.29 Å². The normalized spacial score (nSPS) is 20.7. The van der Waals surface area contributed by atoms with Crippen LogP contribution in [0.3, 0.4) is 0 Å². The van der Waals surface area contributed by atoms with E-state index in [-0.39, 0.29) is 6.29 Å². The molecule has 0 aromatic rings. The van der Waals surface area contributed by atoms with Crippen LogP contribution in [0.15, 0.2) is 12.2 Å². The zero-order chi connectivity index (χ0) is 11.5. The van der Waals surface area contributed by atoms with Gasteiger partial charge in [-0.25, -0.2) is 0 Å². The van der Waals surface area contributed by atoms with Crippen molar-refractivity contribution in [2.24, 2.45) is 0 Å². The Bertz CT molecular complexity index is 241. The van der Waals surface area contributed by atoms with Gasteiger partial charge in [0.2, 0.25) is 0 Å². The van der Waals surface area contributed by atoms with Gasteiger partial charge in [-0.2, -0.15) is 0 Å². The maximum Gasteiger partial charge on any atom is 0.157 e. The first kappa shape index (κ1) is 13.3. The number of unbranched alkanes of at least 4 members (excludes halogenated alkanes) is 1. The molecule has 1 aliphatic heterocycles. The molecule has 1 fully saturated rings. The molecule has 0 amide bonds. The summed E-state index contributed by atoms with van der Waals surface area (Å²) >= 11 is 0. The Morgan fingerprint density at radius 3 is 3.06 bits per heavy atom. The second-order valence-corrected chi connectivity index (χ2v) is 3.90. The molecule has 2 nitrogen and oxygen atoms in total. The standard InChI is InChI=1S/C14H22O2/c1-2-3-4-5-6-7-9-12-15-14-11-8-10-13-16-14/h2-3,14H,4,7-13H2,1H3/b3-2+. The summed E-state index contributed by atoms with van der Waals surface area (Å²) in [4.78, 5) is 0. The molecule has 1 aliphatic rings. The van der Waals surface area contributed by atoms with Crippen LogP contribution in [-0.4, -0.2) is 19.5 Å². The lowest BCUT2D eigenvalue weighted by atomic mass is 10.2. The van der Waals surface area contributed by atoms with Crippen LogP contribution in [0.2, 0.25) is 0 Å². The van der Waals surface area contributed by atoms with E-state index in [9.17, 15) is 0 Å². The molecule has 0 radical (unpaired) electrons. The fraction of sp³-hybridized carbons (Fsp3) is 0.714. The highest BCUT2D eigenvalue weighted by Crippen LogP contribution is 2.13. The second kappa shape index (κ2) is 9.45. The van der Waals surface area contributed by atoms with Crippen molar-refractivity contribution in [2.75, 3.05) is 13.2 Å². The average molecular weight is 222 g/mol. The van der Waals surface area contributed by atoms with E-state index in [1.807, 2.05) is 13.0 Å². The van der Waals surface area contributed by atoms with E-state index >= 15 is 0 Å². The van der Waals surface area contributed by atoms with Gasteiger partial charge in [0.05, 0.1) is 6.61 Å². The zero-order valence-corrected chi connectivity index (χ0v) is 10.2. The maximum atomic E-state index is 5.61. The molecule has 90 valence electrons. The Morgan fingerprint density at radius 1 is 1.38 bits per heavy atom. The predicted molar refractivity (Wildman–Crippen MR) is 66.0 cm³/mol. The van der Waals surface area contributed by atoms with Crippen molar-refractivity contribution in [1.29, 1.82) is 0 Å². The molecule has 0 saturated carbocycles. The monoisotopic (exact) mass is 222 g/mol. The molecule has 1 atom stereocenters. The van der Waals surface area contributed by atoms with E-state index in [2.05, 4.69) is 17.9 Å². The highest BCUT2D eigenvalue weighted by atomic mass is 16.7. The van der Waals surface area contributed by atoms with Gasteiger partial charge in [0.1, 0.15) is 0 Å². The lowest BCUT2D eigenvalue weighted by Gasteiger charge is -2.22. The van der Waals surface area contributed by atoms with Crippen LogP contribution in [0.1, 0.15) is 45.4 Å². The zero-order valence-electron chi connectivity index (χ0n) is 10.2. The third kappa shape index (κ3) is 6.66. The average Bonchev–Trinajstić information content (AvgIpc) is 2.34. The van der Waals surface area contributed by atoms with Crippen molar-refractivity contribution >= 4 is 0 Å². The van der Waals surface area contributed by atoms with Crippen molar-refractivity contribution in [3.8, 4) is 11.8 Å². The Hall–Kier alpha value is -0.780. The minimum Gasteiger partial charge on any atom is -0.353 e. The molecule has 1 rings (SSSR count). The van der Waals surface area contributed by atoms with Crippen molar-refractivity contribution < 1.29 is 9.47 Å². The molecule has 0 aliphatic carbocycles. The van der Waals surface area contributed by atoms with E-state index in [4.69, 9.17) is 9.47 Å². The molecule has 16 heavy (non-hydrogen) atoms. The molecule has 1 heterocycles. The van der Waals surface area contributed by atoms with Gasteiger partial charge in [-0.15, -0.1) is 5.92 Å². The minimum atomic E-state index is 0.0460. The van der Waals surface area contributed by atoms with Crippen LogP contribution in [0.5, 0.6) is 0 Å². The highest BCUT2D eigenvalue weighted by Gasteiger charge is 2.12. The van der Waals surface area contributed by atoms with Gasteiger partial charge < -0.3 is 9.47 Å². The van der Waals surface area contributed by atoms with Crippen molar-refractivity contribution in [2.45, 2.75) is 51.7 Å². The van der Waals surface area contributed by atoms with Crippen LogP contribution in [0.4, 0.5) is 0 Å². The lowest BCUT2D eigenvalue weighted by molar-refractivity contribution is -0.162. The molecular formula is C14H22O2. The van der Waals surface area contributed by atoms with Gasteiger partial charge in [-0.05, 0) is 32.6 Å². The van der Waals surface area contributed by atoms with E-state index in [1.165, 1.54) is 12.8 Å². The summed E-state index contributed by atoms with van der Waals surface area (Å²) in [6, 6.07) is 0. The van der Waals surface area contributed by atoms with Crippen molar-refractivity contribution in [1.82, 2.24) is 0 Å². The van der Waals surface area contributed by atoms with Gasteiger partial charge in [-0.3, -0.25) is 0 Å². The fourth-order valence-corrected chi connectivity index (χ4v) is 1.56. The summed E-state index contributed by atoms with van der Waals surface area (Å²) in [6.07, 6.45) is 10.4. The second-order valence-electron chi connectivity index (χ2n) is 3.90. The molecule has 2 heteroatoms. The van der Waals surface area contributed by atoms with E-state index in [0.29, 0.717) is 0 Å². The van der Waals surface area contributed by atoms with Crippen LogP contribution in [0.25, 0.3) is 0 Å². The Labute approximate surface area is 99.0 Å². The molecule has 0 aromatic carbocycles. The minimum absolute atomic E-state index is 0.0460. The number of allylic oxidation sites excluding steroid dienone is 2. The summed E-state index contributed by atoms with van der Waals surface area (Å²) in [5, 5.41) is 0. The molecule has 0 spiro atoms. The molecular weight excluding hydrogens is 200 g/mol. The summed E-state index contributed by atoms with van der Waals surface area (Å²) in [7, 11) is 0. The molecule has 1 saturated heterocycles. The van der Waals surface area contributed by atoms with Crippen LogP contribution in [-0.2, 0) is 9.47 Å². The van der Waals surface area contributed by atoms with E-state index in [1.54, 1.807) is 0 Å². The van der Waals surface area contributed by atoms with Crippen LogP contribution in [0, 0.1) is 11.8 Å². The van der Waals surface area contributed by atoms with E-state index in [0.717, 1.165) is 38.9 Å². The van der Waals surface area contributed by atoms with Crippen LogP contribution >= 0.6 is 0 Å². The highest BCUT2D eigenvalue weighted by molar-refractivity contribution is 5.03. The quantitative estimate of drug-likeness (QED) is 0.404.